The van der Waals surface area contributed by atoms with Crippen molar-refractivity contribution >= 4 is 29.3 Å². The molecule has 2 aromatic carbocycles. The Bertz CT molecular complexity index is 803. The molecular formula is C23H30N3O2S+. The van der Waals surface area contributed by atoms with Crippen molar-refractivity contribution in [1.82, 2.24) is 4.90 Å². The first kappa shape index (κ1) is 21.4. The van der Waals surface area contributed by atoms with Crippen molar-refractivity contribution in [1.29, 1.82) is 0 Å². The van der Waals surface area contributed by atoms with Crippen molar-refractivity contribution < 1.29 is 14.5 Å². The van der Waals surface area contributed by atoms with Crippen molar-refractivity contribution in [3.8, 4) is 0 Å². The van der Waals surface area contributed by atoms with Gasteiger partial charge in [-0.25, -0.2) is 0 Å². The summed E-state index contributed by atoms with van der Waals surface area (Å²) in [6.45, 7) is 8.40. The van der Waals surface area contributed by atoms with E-state index in [0.29, 0.717) is 0 Å². The van der Waals surface area contributed by atoms with Gasteiger partial charge in [0, 0.05) is 11.3 Å². The molecule has 154 valence electrons. The van der Waals surface area contributed by atoms with Gasteiger partial charge in [0.25, 0.3) is 0 Å². The lowest BCUT2D eigenvalue weighted by Crippen LogP contribution is -3.13. The molecule has 0 saturated carbocycles. The second kappa shape index (κ2) is 10.5. The summed E-state index contributed by atoms with van der Waals surface area (Å²) in [5.41, 5.74) is 3.28. The molecule has 1 aliphatic heterocycles. The Hall–Kier alpha value is -2.31. The van der Waals surface area contributed by atoms with Crippen LogP contribution in [0.1, 0.15) is 18.1 Å². The van der Waals surface area contributed by atoms with Gasteiger partial charge < -0.3 is 15.1 Å². The van der Waals surface area contributed by atoms with Gasteiger partial charge in [0.05, 0.1) is 37.2 Å². The summed E-state index contributed by atoms with van der Waals surface area (Å²) in [7, 11) is 0. The zero-order valence-corrected chi connectivity index (χ0v) is 18.0. The number of nitrogens with one attached hydrogen (secondary N) is 2. The number of benzene rings is 2. The number of aryl methyl sites for hydroxylation is 1. The predicted octanol–water partition coefficient (Wildman–Crippen LogP) is 1.98. The number of amides is 2. The second-order valence-electron chi connectivity index (χ2n) is 7.61. The molecule has 6 heteroatoms. The average molecular weight is 413 g/mol. The van der Waals surface area contributed by atoms with E-state index in [2.05, 4.69) is 29.6 Å². The minimum absolute atomic E-state index is 0.0735. The van der Waals surface area contributed by atoms with E-state index in [1.54, 1.807) is 0 Å². The Morgan fingerprint density at radius 2 is 1.72 bits per heavy atom. The summed E-state index contributed by atoms with van der Waals surface area (Å²) in [6, 6.07) is 18.2. The third-order valence-electron chi connectivity index (χ3n) is 5.23. The van der Waals surface area contributed by atoms with Crippen LogP contribution >= 0.6 is 11.8 Å². The highest BCUT2D eigenvalue weighted by Crippen LogP contribution is 2.15. The van der Waals surface area contributed by atoms with Crippen molar-refractivity contribution in [2.75, 3.05) is 37.2 Å². The highest BCUT2D eigenvalue weighted by Gasteiger charge is 2.27. The van der Waals surface area contributed by atoms with Crippen molar-refractivity contribution in [3.05, 3.63) is 65.7 Å². The molecule has 1 saturated heterocycles. The Balaban J connectivity index is 1.38. The third kappa shape index (κ3) is 6.61. The molecule has 0 bridgehead atoms. The first-order chi connectivity index (χ1) is 14.0. The normalized spacial score (nSPS) is 15.7. The Labute approximate surface area is 177 Å². The van der Waals surface area contributed by atoms with E-state index >= 15 is 0 Å². The highest BCUT2D eigenvalue weighted by atomic mass is 32.2. The number of quaternary nitrogens is 1. The van der Waals surface area contributed by atoms with Gasteiger partial charge in [-0.1, -0.05) is 48.0 Å². The molecule has 0 radical (unpaired) electrons. The number of rotatable bonds is 7. The standard InChI is InChI=1S/C23H29N3O2S/c1-18-8-10-21(11-9-18)24-22(27)17-29-19(2)23(28)26-14-12-25(13-15-26)16-20-6-4-3-5-7-20/h3-11,19H,12-17H2,1-2H3,(H,24,27)/p+1/t19-/m0/s1. The van der Waals surface area contributed by atoms with Gasteiger partial charge in [-0.3, -0.25) is 9.59 Å². The summed E-state index contributed by atoms with van der Waals surface area (Å²) in [5.74, 6) is 0.340. The number of nitrogens with zero attached hydrogens (tertiary/aromatic N) is 1. The van der Waals surface area contributed by atoms with Gasteiger partial charge in [0.1, 0.15) is 6.54 Å². The number of anilines is 1. The maximum absolute atomic E-state index is 12.7. The number of carbonyl (C=O) groups is 2. The largest absolute Gasteiger partial charge is 0.330 e. The molecule has 0 unspecified atom stereocenters. The van der Waals surface area contributed by atoms with Crippen molar-refractivity contribution in [3.63, 3.8) is 0 Å². The molecule has 0 aromatic heterocycles. The molecule has 1 fully saturated rings. The molecule has 29 heavy (non-hydrogen) atoms. The third-order valence-corrected chi connectivity index (χ3v) is 6.36. The summed E-state index contributed by atoms with van der Waals surface area (Å²) in [4.78, 5) is 28.4. The minimum Gasteiger partial charge on any atom is -0.330 e. The molecule has 5 nitrogen and oxygen atoms in total. The van der Waals surface area contributed by atoms with E-state index in [1.807, 2.05) is 49.1 Å². The van der Waals surface area contributed by atoms with Crippen LogP contribution in [0.25, 0.3) is 0 Å². The fourth-order valence-corrected chi connectivity index (χ4v) is 4.23. The molecule has 2 aromatic rings. The van der Waals surface area contributed by atoms with Crippen molar-refractivity contribution in [2.24, 2.45) is 0 Å². The van der Waals surface area contributed by atoms with Crippen LogP contribution in [0.4, 0.5) is 5.69 Å². The van der Waals surface area contributed by atoms with E-state index in [-0.39, 0.29) is 22.8 Å². The maximum atomic E-state index is 12.7. The topological polar surface area (TPSA) is 53.9 Å². The summed E-state index contributed by atoms with van der Waals surface area (Å²) < 4.78 is 0. The fourth-order valence-electron chi connectivity index (χ4n) is 3.47. The number of piperazine rings is 1. The van der Waals surface area contributed by atoms with Crippen LogP contribution in [0.3, 0.4) is 0 Å². The lowest BCUT2D eigenvalue weighted by atomic mass is 10.2. The number of hydrogen-bond donors (Lipinski definition) is 2. The second-order valence-corrected chi connectivity index (χ2v) is 8.93. The molecule has 2 amide bonds. The summed E-state index contributed by atoms with van der Waals surface area (Å²) in [5, 5.41) is 2.67. The quantitative estimate of drug-likeness (QED) is 0.731. The molecule has 2 N–H and O–H groups in total. The summed E-state index contributed by atoms with van der Waals surface area (Å²) in [6.07, 6.45) is 0. The van der Waals surface area contributed by atoms with E-state index < -0.39 is 0 Å². The summed E-state index contributed by atoms with van der Waals surface area (Å²) >= 11 is 1.40. The van der Waals surface area contributed by atoms with Crippen LogP contribution in [0.2, 0.25) is 0 Å². The van der Waals surface area contributed by atoms with E-state index in [9.17, 15) is 9.59 Å². The SMILES string of the molecule is Cc1ccc(NC(=O)CS[C@@H](C)C(=O)N2CC[NH+](Cc3ccccc3)CC2)cc1. The maximum Gasteiger partial charge on any atom is 0.235 e. The molecular weight excluding hydrogens is 382 g/mol. The van der Waals surface area contributed by atoms with Crippen molar-refractivity contribution in [2.45, 2.75) is 25.6 Å². The zero-order valence-electron chi connectivity index (χ0n) is 17.2. The van der Waals surface area contributed by atoms with E-state index in [4.69, 9.17) is 0 Å². The number of thioether (sulfide) groups is 1. The zero-order chi connectivity index (χ0) is 20.6. The highest BCUT2D eigenvalue weighted by molar-refractivity contribution is 8.01. The van der Waals surface area contributed by atoms with E-state index in [1.165, 1.54) is 22.2 Å². The Kier molecular flexibility index (Phi) is 7.72. The van der Waals surface area contributed by atoms with E-state index in [0.717, 1.165) is 44.0 Å². The first-order valence-corrected chi connectivity index (χ1v) is 11.2. The van der Waals surface area contributed by atoms with Gasteiger partial charge in [0.15, 0.2) is 0 Å². The number of carbonyl (C=O) groups excluding carboxylic acids is 2. The minimum atomic E-state index is -0.213. The fraction of sp³-hybridized carbons (Fsp3) is 0.391. The lowest BCUT2D eigenvalue weighted by Gasteiger charge is -2.33. The molecule has 1 aliphatic rings. The van der Waals surface area contributed by atoms with Gasteiger partial charge in [-0.2, -0.15) is 0 Å². The van der Waals surface area contributed by atoms with Gasteiger partial charge in [0.2, 0.25) is 11.8 Å². The molecule has 0 aliphatic carbocycles. The molecule has 3 rings (SSSR count). The molecule has 1 heterocycles. The number of hydrogen-bond acceptors (Lipinski definition) is 3. The monoisotopic (exact) mass is 412 g/mol. The Morgan fingerprint density at radius 1 is 1.07 bits per heavy atom. The van der Waals surface area contributed by atoms with Gasteiger partial charge in [-0.15, -0.1) is 11.8 Å². The molecule has 1 atom stereocenters. The van der Waals surface area contributed by atoms with Crippen LogP contribution in [-0.2, 0) is 16.1 Å². The molecule has 0 spiro atoms. The van der Waals surface area contributed by atoms with Crippen LogP contribution in [0, 0.1) is 6.92 Å². The lowest BCUT2D eigenvalue weighted by molar-refractivity contribution is -0.917. The van der Waals surface area contributed by atoms with Crippen LogP contribution in [-0.4, -0.2) is 53.9 Å². The van der Waals surface area contributed by atoms with Crippen LogP contribution in [0.15, 0.2) is 54.6 Å². The van der Waals surface area contributed by atoms with Crippen LogP contribution in [0.5, 0.6) is 0 Å². The smallest absolute Gasteiger partial charge is 0.235 e. The van der Waals surface area contributed by atoms with Gasteiger partial charge in [-0.05, 0) is 26.0 Å². The van der Waals surface area contributed by atoms with Crippen LogP contribution < -0.4 is 10.2 Å². The average Bonchev–Trinajstić information content (AvgIpc) is 2.74. The Morgan fingerprint density at radius 3 is 2.38 bits per heavy atom. The predicted molar refractivity (Wildman–Crippen MR) is 119 cm³/mol. The first-order valence-electron chi connectivity index (χ1n) is 10.2. The van der Waals surface area contributed by atoms with Gasteiger partial charge >= 0.3 is 0 Å².